The molecule has 0 amide bonds. The second kappa shape index (κ2) is 15.1. The summed E-state index contributed by atoms with van der Waals surface area (Å²) in [4.78, 5) is 16.6. The molecule has 0 spiro atoms. The SMILES string of the molecule is NCCOCCOCCNc1nc(NC2CCCC2)nc(N(Cc2ccccc2)Cc2ccccc2)n1. The third-order valence-corrected chi connectivity index (χ3v) is 6.19. The summed E-state index contributed by atoms with van der Waals surface area (Å²) in [5.74, 6) is 1.79. The molecule has 0 saturated heterocycles. The third kappa shape index (κ3) is 9.27. The summed E-state index contributed by atoms with van der Waals surface area (Å²) in [6, 6.07) is 21.2. The molecule has 1 saturated carbocycles. The monoisotopic (exact) mass is 505 g/mol. The Morgan fingerprint density at radius 2 is 1.35 bits per heavy atom. The first-order valence-electron chi connectivity index (χ1n) is 13.2. The van der Waals surface area contributed by atoms with Crippen LogP contribution in [0.3, 0.4) is 0 Å². The molecule has 1 heterocycles. The van der Waals surface area contributed by atoms with Gasteiger partial charge in [0.25, 0.3) is 0 Å². The van der Waals surface area contributed by atoms with Gasteiger partial charge in [-0.15, -0.1) is 0 Å². The van der Waals surface area contributed by atoms with E-state index in [0.717, 1.165) is 12.8 Å². The second-order valence-corrected chi connectivity index (χ2v) is 9.18. The number of nitrogens with one attached hydrogen (secondary N) is 2. The van der Waals surface area contributed by atoms with Crippen molar-refractivity contribution < 1.29 is 9.47 Å². The molecule has 0 unspecified atom stereocenters. The molecule has 2 aromatic carbocycles. The number of hydrogen-bond acceptors (Lipinski definition) is 9. The Bertz CT molecular complexity index is 992. The zero-order valence-corrected chi connectivity index (χ0v) is 21.5. The van der Waals surface area contributed by atoms with E-state index in [1.807, 2.05) is 12.1 Å². The van der Waals surface area contributed by atoms with Gasteiger partial charge in [0.1, 0.15) is 0 Å². The van der Waals surface area contributed by atoms with Gasteiger partial charge < -0.3 is 30.7 Å². The lowest BCUT2D eigenvalue weighted by Gasteiger charge is -2.24. The fourth-order valence-electron chi connectivity index (χ4n) is 4.35. The van der Waals surface area contributed by atoms with E-state index in [1.54, 1.807) is 0 Å². The topological polar surface area (TPSA) is 110 Å². The Hall–Kier alpha value is -3.27. The van der Waals surface area contributed by atoms with Crippen molar-refractivity contribution in [1.82, 2.24) is 15.0 Å². The summed E-state index contributed by atoms with van der Waals surface area (Å²) in [5, 5.41) is 6.87. The van der Waals surface area contributed by atoms with Gasteiger partial charge in [-0.25, -0.2) is 0 Å². The van der Waals surface area contributed by atoms with Crippen molar-refractivity contribution in [3.8, 4) is 0 Å². The lowest BCUT2D eigenvalue weighted by atomic mass is 10.2. The van der Waals surface area contributed by atoms with Crippen LogP contribution in [0.1, 0.15) is 36.8 Å². The molecule has 1 aliphatic carbocycles. The highest BCUT2D eigenvalue weighted by molar-refractivity contribution is 5.45. The number of hydrogen-bond donors (Lipinski definition) is 3. The highest BCUT2D eigenvalue weighted by Crippen LogP contribution is 2.23. The van der Waals surface area contributed by atoms with E-state index in [0.29, 0.717) is 76.5 Å². The maximum Gasteiger partial charge on any atom is 0.232 e. The number of anilines is 3. The van der Waals surface area contributed by atoms with Crippen LogP contribution in [0.5, 0.6) is 0 Å². The number of benzene rings is 2. The third-order valence-electron chi connectivity index (χ3n) is 6.19. The molecule has 0 radical (unpaired) electrons. The maximum absolute atomic E-state index is 5.65. The van der Waals surface area contributed by atoms with Crippen LogP contribution in [-0.4, -0.2) is 60.5 Å². The summed E-state index contributed by atoms with van der Waals surface area (Å²) in [6.45, 7) is 4.62. The van der Waals surface area contributed by atoms with E-state index < -0.39 is 0 Å². The van der Waals surface area contributed by atoms with Crippen LogP contribution in [-0.2, 0) is 22.6 Å². The first-order valence-corrected chi connectivity index (χ1v) is 13.2. The molecule has 0 atom stereocenters. The highest BCUT2D eigenvalue weighted by Gasteiger charge is 2.19. The zero-order valence-electron chi connectivity index (χ0n) is 21.5. The van der Waals surface area contributed by atoms with Crippen molar-refractivity contribution in [1.29, 1.82) is 0 Å². The first-order chi connectivity index (χ1) is 18.3. The van der Waals surface area contributed by atoms with Gasteiger partial charge in [0, 0.05) is 32.2 Å². The average Bonchev–Trinajstić information content (AvgIpc) is 3.44. The van der Waals surface area contributed by atoms with Gasteiger partial charge in [0.15, 0.2) is 0 Å². The summed E-state index contributed by atoms with van der Waals surface area (Å²) in [7, 11) is 0. The van der Waals surface area contributed by atoms with Crippen molar-refractivity contribution >= 4 is 17.8 Å². The standard InChI is InChI=1S/C28H39N7O2/c29-15-17-36-19-20-37-18-16-30-26-32-27(31-25-13-7-8-14-25)34-28(33-26)35(21-23-9-3-1-4-10-23)22-24-11-5-2-6-12-24/h1-6,9-12,25H,7-8,13-22,29H2,(H2,30,31,32,33,34). The van der Waals surface area contributed by atoms with Crippen LogP contribution in [0.25, 0.3) is 0 Å². The molecule has 37 heavy (non-hydrogen) atoms. The van der Waals surface area contributed by atoms with Gasteiger partial charge in [-0.05, 0) is 24.0 Å². The van der Waals surface area contributed by atoms with Crippen molar-refractivity contribution in [2.75, 3.05) is 55.1 Å². The lowest BCUT2D eigenvalue weighted by Crippen LogP contribution is -2.27. The fourth-order valence-corrected chi connectivity index (χ4v) is 4.35. The number of rotatable bonds is 16. The molecule has 0 bridgehead atoms. The highest BCUT2D eigenvalue weighted by atomic mass is 16.5. The van der Waals surface area contributed by atoms with E-state index in [-0.39, 0.29) is 0 Å². The number of ether oxygens (including phenoxy) is 2. The number of nitrogens with zero attached hydrogens (tertiary/aromatic N) is 4. The Morgan fingerprint density at radius 1 is 0.757 bits per heavy atom. The fraction of sp³-hybridized carbons (Fsp3) is 0.464. The van der Waals surface area contributed by atoms with E-state index >= 15 is 0 Å². The van der Waals surface area contributed by atoms with Crippen molar-refractivity contribution in [3.05, 3.63) is 71.8 Å². The Kier molecular flexibility index (Phi) is 10.9. The van der Waals surface area contributed by atoms with Crippen molar-refractivity contribution in [3.63, 3.8) is 0 Å². The number of aromatic nitrogens is 3. The van der Waals surface area contributed by atoms with E-state index in [4.69, 9.17) is 25.2 Å². The minimum atomic E-state index is 0.400. The molecule has 3 aromatic rings. The minimum absolute atomic E-state index is 0.400. The quantitative estimate of drug-likeness (QED) is 0.250. The second-order valence-electron chi connectivity index (χ2n) is 9.18. The van der Waals surface area contributed by atoms with E-state index in [9.17, 15) is 0 Å². The van der Waals surface area contributed by atoms with Crippen LogP contribution >= 0.6 is 0 Å². The molecule has 4 rings (SSSR count). The Labute approximate surface area is 219 Å². The molecule has 9 heteroatoms. The van der Waals surface area contributed by atoms with Crippen LogP contribution in [0, 0.1) is 0 Å². The average molecular weight is 506 g/mol. The van der Waals surface area contributed by atoms with Crippen molar-refractivity contribution in [2.45, 2.75) is 44.8 Å². The van der Waals surface area contributed by atoms with Gasteiger partial charge in [-0.3, -0.25) is 0 Å². The van der Waals surface area contributed by atoms with E-state index in [1.165, 1.54) is 24.0 Å². The van der Waals surface area contributed by atoms with Gasteiger partial charge in [0.05, 0.1) is 26.4 Å². The smallest absolute Gasteiger partial charge is 0.232 e. The molecule has 0 aliphatic heterocycles. The first kappa shape index (κ1) is 26.8. The maximum atomic E-state index is 5.65. The van der Waals surface area contributed by atoms with Gasteiger partial charge >= 0.3 is 0 Å². The van der Waals surface area contributed by atoms with Gasteiger partial charge in [0.2, 0.25) is 17.8 Å². The van der Waals surface area contributed by atoms with Crippen molar-refractivity contribution in [2.24, 2.45) is 5.73 Å². The molecule has 198 valence electrons. The molecular formula is C28H39N7O2. The predicted molar refractivity (Wildman–Crippen MR) is 148 cm³/mol. The molecule has 1 aromatic heterocycles. The van der Waals surface area contributed by atoms with E-state index in [2.05, 4.69) is 69.0 Å². The largest absolute Gasteiger partial charge is 0.378 e. The predicted octanol–water partition coefficient (Wildman–Crippen LogP) is 3.84. The summed E-state index contributed by atoms with van der Waals surface area (Å²) in [6.07, 6.45) is 4.76. The number of nitrogens with two attached hydrogens (primary N) is 1. The normalized spacial score (nSPS) is 13.5. The summed E-state index contributed by atoms with van der Waals surface area (Å²) >= 11 is 0. The summed E-state index contributed by atoms with van der Waals surface area (Å²) < 4.78 is 11.0. The Morgan fingerprint density at radius 3 is 1.97 bits per heavy atom. The summed E-state index contributed by atoms with van der Waals surface area (Å²) in [5.41, 5.74) is 7.83. The Balaban J connectivity index is 1.49. The lowest BCUT2D eigenvalue weighted by molar-refractivity contribution is 0.0547. The molecule has 9 nitrogen and oxygen atoms in total. The van der Waals surface area contributed by atoms with Gasteiger partial charge in [-0.1, -0.05) is 73.5 Å². The molecule has 1 fully saturated rings. The van der Waals surface area contributed by atoms with Crippen LogP contribution in [0.15, 0.2) is 60.7 Å². The minimum Gasteiger partial charge on any atom is -0.378 e. The molecule has 4 N–H and O–H groups in total. The molecule has 1 aliphatic rings. The van der Waals surface area contributed by atoms with Gasteiger partial charge in [-0.2, -0.15) is 15.0 Å². The molecular weight excluding hydrogens is 466 g/mol. The zero-order chi connectivity index (χ0) is 25.5. The van der Waals surface area contributed by atoms with Crippen LogP contribution in [0.4, 0.5) is 17.8 Å². The van der Waals surface area contributed by atoms with Crippen LogP contribution < -0.4 is 21.3 Å². The van der Waals surface area contributed by atoms with Crippen LogP contribution in [0.2, 0.25) is 0 Å².